The molecule has 2 aromatic rings. The van der Waals surface area contributed by atoms with Gasteiger partial charge in [0.1, 0.15) is 0 Å². The number of carbonyl (C=O) groups excluding carboxylic acids is 2. The molecule has 3 rings (SSSR count). The lowest BCUT2D eigenvalue weighted by Gasteiger charge is -2.17. The minimum atomic E-state index is -0.375. The van der Waals surface area contributed by atoms with Gasteiger partial charge in [-0.05, 0) is 36.1 Å². The van der Waals surface area contributed by atoms with Crippen molar-refractivity contribution in [3.05, 3.63) is 65.2 Å². The summed E-state index contributed by atoms with van der Waals surface area (Å²) in [5.74, 6) is -0.548. The quantitative estimate of drug-likeness (QED) is 0.816. The van der Waals surface area contributed by atoms with E-state index in [0.717, 1.165) is 28.8 Å². The van der Waals surface area contributed by atoms with Crippen molar-refractivity contribution in [2.45, 2.75) is 19.8 Å². The van der Waals surface area contributed by atoms with Gasteiger partial charge in [0, 0.05) is 12.2 Å². The fraction of sp³-hybridized carbons (Fsp3) is 0.263. The van der Waals surface area contributed by atoms with Crippen LogP contribution in [0.5, 0.6) is 0 Å². The number of benzene rings is 2. The first-order chi connectivity index (χ1) is 11.1. The molecule has 0 radical (unpaired) electrons. The van der Waals surface area contributed by atoms with Crippen LogP contribution in [0.4, 0.5) is 5.69 Å². The van der Waals surface area contributed by atoms with Crippen LogP contribution >= 0.6 is 0 Å². The Kier molecular flexibility index (Phi) is 4.42. The van der Waals surface area contributed by atoms with E-state index in [4.69, 9.17) is 4.74 Å². The standard InChI is InChI=1S/C19H19NO3/c1-14-6-2-3-8-16(14)12-19(22)23-13-18(21)20-11-10-15-7-4-5-9-17(15)20/h2-9H,10-13H2,1H3. The van der Waals surface area contributed by atoms with Crippen molar-refractivity contribution in [1.29, 1.82) is 0 Å². The average Bonchev–Trinajstić information content (AvgIpc) is 2.99. The summed E-state index contributed by atoms with van der Waals surface area (Å²) >= 11 is 0. The molecule has 0 bridgehead atoms. The van der Waals surface area contributed by atoms with Crippen LogP contribution in [0.15, 0.2) is 48.5 Å². The minimum Gasteiger partial charge on any atom is -0.455 e. The van der Waals surface area contributed by atoms with E-state index in [9.17, 15) is 9.59 Å². The van der Waals surface area contributed by atoms with Gasteiger partial charge in [0.15, 0.2) is 6.61 Å². The third kappa shape index (κ3) is 3.42. The summed E-state index contributed by atoms with van der Waals surface area (Å²) in [5, 5.41) is 0. The average molecular weight is 309 g/mol. The highest BCUT2D eigenvalue weighted by Gasteiger charge is 2.24. The third-order valence-electron chi connectivity index (χ3n) is 4.14. The Morgan fingerprint density at radius 2 is 1.83 bits per heavy atom. The van der Waals surface area contributed by atoms with E-state index in [1.807, 2.05) is 55.5 Å². The SMILES string of the molecule is Cc1ccccc1CC(=O)OCC(=O)N1CCc2ccccc21. The van der Waals surface area contributed by atoms with Gasteiger partial charge in [0.25, 0.3) is 5.91 Å². The van der Waals surface area contributed by atoms with Gasteiger partial charge in [-0.15, -0.1) is 0 Å². The molecule has 4 nitrogen and oxygen atoms in total. The highest BCUT2D eigenvalue weighted by atomic mass is 16.5. The molecule has 0 aromatic heterocycles. The molecule has 0 N–H and O–H groups in total. The van der Waals surface area contributed by atoms with Gasteiger partial charge in [0.2, 0.25) is 0 Å². The maximum absolute atomic E-state index is 12.3. The number of hydrogen-bond acceptors (Lipinski definition) is 3. The van der Waals surface area contributed by atoms with Crippen molar-refractivity contribution >= 4 is 17.6 Å². The highest BCUT2D eigenvalue weighted by molar-refractivity contribution is 5.97. The van der Waals surface area contributed by atoms with Gasteiger partial charge in [-0.2, -0.15) is 0 Å². The number of rotatable bonds is 4. The largest absolute Gasteiger partial charge is 0.455 e. The predicted octanol–water partition coefficient (Wildman–Crippen LogP) is 2.67. The lowest BCUT2D eigenvalue weighted by molar-refractivity contribution is -0.147. The van der Waals surface area contributed by atoms with Crippen LogP contribution < -0.4 is 4.90 Å². The molecular formula is C19H19NO3. The fourth-order valence-electron chi connectivity index (χ4n) is 2.83. The molecule has 0 spiro atoms. The summed E-state index contributed by atoms with van der Waals surface area (Å²) < 4.78 is 5.16. The number of aryl methyl sites for hydroxylation is 1. The van der Waals surface area contributed by atoms with Crippen molar-refractivity contribution < 1.29 is 14.3 Å². The predicted molar refractivity (Wildman–Crippen MR) is 88.3 cm³/mol. The van der Waals surface area contributed by atoms with Crippen LogP contribution in [0.1, 0.15) is 16.7 Å². The Morgan fingerprint density at radius 1 is 1.09 bits per heavy atom. The summed E-state index contributed by atoms with van der Waals surface area (Å²) in [6.07, 6.45) is 1.04. The van der Waals surface area contributed by atoms with E-state index in [1.165, 1.54) is 0 Å². The molecule has 1 amide bonds. The fourth-order valence-corrected chi connectivity index (χ4v) is 2.83. The van der Waals surface area contributed by atoms with E-state index >= 15 is 0 Å². The molecule has 4 heteroatoms. The maximum Gasteiger partial charge on any atom is 0.310 e. The van der Waals surface area contributed by atoms with Crippen LogP contribution in [0.2, 0.25) is 0 Å². The Hall–Kier alpha value is -2.62. The van der Waals surface area contributed by atoms with E-state index < -0.39 is 0 Å². The van der Waals surface area contributed by atoms with Crippen molar-refractivity contribution in [2.75, 3.05) is 18.1 Å². The second kappa shape index (κ2) is 6.65. The first-order valence-corrected chi connectivity index (χ1v) is 7.73. The number of amides is 1. The van der Waals surface area contributed by atoms with Gasteiger partial charge >= 0.3 is 5.97 Å². The van der Waals surface area contributed by atoms with Crippen LogP contribution in [-0.4, -0.2) is 25.0 Å². The van der Waals surface area contributed by atoms with E-state index in [2.05, 4.69) is 0 Å². The number of hydrogen-bond donors (Lipinski definition) is 0. The molecule has 0 saturated heterocycles. The molecule has 1 heterocycles. The molecule has 0 unspecified atom stereocenters. The molecule has 0 atom stereocenters. The Bertz CT molecular complexity index is 739. The highest BCUT2D eigenvalue weighted by Crippen LogP contribution is 2.27. The molecule has 0 aliphatic carbocycles. The number of ether oxygens (including phenoxy) is 1. The van der Waals surface area contributed by atoms with Crippen LogP contribution in [0.3, 0.4) is 0 Å². The van der Waals surface area contributed by atoms with Crippen molar-refractivity contribution in [3.63, 3.8) is 0 Å². The maximum atomic E-state index is 12.3. The zero-order chi connectivity index (χ0) is 16.2. The Labute approximate surface area is 135 Å². The van der Waals surface area contributed by atoms with Gasteiger partial charge in [-0.25, -0.2) is 0 Å². The molecule has 0 saturated carbocycles. The molecule has 23 heavy (non-hydrogen) atoms. The summed E-state index contributed by atoms with van der Waals surface area (Å²) in [6.45, 7) is 2.39. The van der Waals surface area contributed by atoms with Gasteiger partial charge in [0.05, 0.1) is 6.42 Å². The second-order valence-electron chi connectivity index (χ2n) is 5.69. The zero-order valence-corrected chi connectivity index (χ0v) is 13.1. The Morgan fingerprint density at radius 3 is 2.65 bits per heavy atom. The molecule has 0 fully saturated rings. The van der Waals surface area contributed by atoms with Gasteiger partial charge in [-0.1, -0.05) is 42.5 Å². The van der Waals surface area contributed by atoms with Crippen molar-refractivity contribution in [2.24, 2.45) is 0 Å². The van der Waals surface area contributed by atoms with Crippen LogP contribution in [-0.2, 0) is 27.2 Å². The molecule has 118 valence electrons. The molecule has 1 aliphatic rings. The third-order valence-corrected chi connectivity index (χ3v) is 4.14. The first-order valence-electron chi connectivity index (χ1n) is 7.73. The number of carbonyl (C=O) groups is 2. The van der Waals surface area contributed by atoms with Crippen LogP contribution in [0, 0.1) is 6.92 Å². The normalized spacial score (nSPS) is 12.8. The summed E-state index contributed by atoms with van der Waals surface area (Å²) in [4.78, 5) is 25.9. The number of esters is 1. The topological polar surface area (TPSA) is 46.6 Å². The minimum absolute atomic E-state index is 0.173. The molecular weight excluding hydrogens is 290 g/mol. The number of fused-ring (bicyclic) bond motifs is 1. The molecule has 2 aromatic carbocycles. The smallest absolute Gasteiger partial charge is 0.310 e. The number of para-hydroxylation sites is 1. The summed E-state index contributed by atoms with van der Waals surface area (Å²) in [7, 11) is 0. The van der Waals surface area contributed by atoms with E-state index in [1.54, 1.807) is 4.90 Å². The van der Waals surface area contributed by atoms with Gasteiger partial charge in [-0.3, -0.25) is 9.59 Å². The molecule has 1 aliphatic heterocycles. The second-order valence-corrected chi connectivity index (χ2v) is 5.69. The summed E-state index contributed by atoms with van der Waals surface area (Å²) in [6, 6.07) is 15.5. The van der Waals surface area contributed by atoms with Gasteiger partial charge < -0.3 is 9.64 Å². The van der Waals surface area contributed by atoms with Crippen LogP contribution in [0.25, 0.3) is 0 Å². The van der Waals surface area contributed by atoms with Crippen molar-refractivity contribution in [1.82, 2.24) is 0 Å². The number of nitrogens with zero attached hydrogens (tertiary/aromatic N) is 1. The lowest BCUT2D eigenvalue weighted by atomic mass is 10.1. The van der Waals surface area contributed by atoms with E-state index in [0.29, 0.717) is 6.54 Å². The Balaban J connectivity index is 1.56. The van der Waals surface area contributed by atoms with Crippen molar-refractivity contribution in [3.8, 4) is 0 Å². The monoisotopic (exact) mass is 309 g/mol. The first kappa shape index (κ1) is 15.3. The lowest BCUT2D eigenvalue weighted by Crippen LogP contribution is -2.33. The van der Waals surface area contributed by atoms with E-state index in [-0.39, 0.29) is 24.9 Å². The number of anilines is 1. The zero-order valence-electron chi connectivity index (χ0n) is 13.1. The summed E-state index contributed by atoms with van der Waals surface area (Å²) in [5.41, 5.74) is 4.06.